The van der Waals surface area contributed by atoms with Crippen LogP contribution in [-0.4, -0.2) is 36.0 Å². The molecule has 0 amide bonds. The van der Waals surface area contributed by atoms with Crippen molar-refractivity contribution in [3.05, 3.63) is 47.3 Å². The van der Waals surface area contributed by atoms with E-state index < -0.39 is 0 Å². The molecule has 1 aromatic carbocycles. The Hall–Kier alpha value is -2.99. The van der Waals surface area contributed by atoms with E-state index in [1.165, 1.54) is 18.9 Å². The molecule has 0 bridgehead atoms. The van der Waals surface area contributed by atoms with Crippen LogP contribution in [0, 0.1) is 5.92 Å². The van der Waals surface area contributed by atoms with E-state index in [0.29, 0.717) is 30.3 Å². The number of ether oxygens (including phenoxy) is 1. The van der Waals surface area contributed by atoms with Gasteiger partial charge in [-0.05, 0) is 42.5 Å². The van der Waals surface area contributed by atoms with Crippen molar-refractivity contribution < 1.29 is 24.3 Å². The highest BCUT2D eigenvalue weighted by Gasteiger charge is 2.36. The summed E-state index contributed by atoms with van der Waals surface area (Å²) >= 11 is 0. The molecule has 2 heterocycles. The molecular weight excluding hydrogens is 428 g/mol. The van der Waals surface area contributed by atoms with Crippen LogP contribution in [0.3, 0.4) is 0 Å². The second kappa shape index (κ2) is 11.9. The molecule has 2 aliphatic rings. The van der Waals surface area contributed by atoms with Crippen molar-refractivity contribution in [2.75, 3.05) is 13.7 Å². The van der Waals surface area contributed by atoms with Gasteiger partial charge in [0.2, 0.25) is 5.75 Å². The lowest BCUT2D eigenvalue weighted by Gasteiger charge is -2.19. The van der Waals surface area contributed by atoms with Gasteiger partial charge >= 0.3 is 0 Å². The summed E-state index contributed by atoms with van der Waals surface area (Å²) < 4.78 is 5.44. The maximum atomic E-state index is 12.3. The van der Waals surface area contributed by atoms with E-state index in [1.54, 1.807) is 12.1 Å². The number of carbonyl (C=O) groups excluding carboxylic acids is 2. The normalized spacial score (nSPS) is 17.1. The van der Waals surface area contributed by atoms with Gasteiger partial charge in [0.1, 0.15) is 23.7 Å². The lowest BCUT2D eigenvalue weighted by atomic mass is 10.0. The van der Waals surface area contributed by atoms with Crippen molar-refractivity contribution in [2.45, 2.75) is 65.7 Å². The van der Waals surface area contributed by atoms with Gasteiger partial charge in [-0.3, -0.25) is 19.5 Å². The number of methoxy groups -OCH3 is 1. The number of nitrogens with zero attached hydrogens (tertiary/aromatic N) is 1. The average Bonchev–Trinajstić information content (AvgIpc) is 3.38. The minimum absolute atomic E-state index is 0.0182. The fourth-order valence-corrected chi connectivity index (χ4v) is 4.41. The predicted octanol–water partition coefficient (Wildman–Crippen LogP) is 4.71. The van der Waals surface area contributed by atoms with Crippen LogP contribution >= 0.6 is 0 Å². The van der Waals surface area contributed by atoms with Crippen LogP contribution in [0.2, 0.25) is 0 Å². The Morgan fingerprint density at radius 2 is 2.06 bits per heavy atom. The molecule has 0 spiro atoms. The summed E-state index contributed by atoms with van der Waals surface area (Å²) in [6, 6.07) is 3.60. The summed E-state index contributed by atoms with van der Waals surface area (Å²) in [5.41, 5.74) is 4.86. The van der Waals surface area contributed by atoms with E-state index in [2.05, 4.69) is 25.8 Å². The smallest absolute Gasteiger partial charge is 0.220 e. The molecule has 1 unspecified atom stereocenters. The van der Waals surface area contributed by atoms with Crippen molar-refractivity contribution in [1.82, 2.24) is 0 Å². The first-order valence-electron chi connectivity index (χ1n) is 12.3. The lowest BCUT2D eigenvalue weighted by molar-refractivity contribution is -0.777. The van der Waals surface area contributed by atoms with Gasteiger partial charge in [-0.15, -0.1) is 0 Å². The Kier molecular flexibility index (Phi) is 8.99. The number of ketones is 2. The molecule has 1 atom stereocenters. The first-order chi connectivity index (χ1) is 16.3. The monoisotopic (exact) mass is 465 g/mol. The molecule has 6 heteroatoms. The van der Waals surface area contributed by atoms with Gasteiger partial charge in [-0.25, -0.2) is 0 Å². The van der Waals surface area contributed by atoms with Crippen molar-refractivity contribution in [2.24, 2.45) is 10.9 Å². The van der Waals surface area contributed by atoms with Crippen LogP contribution in [0.5, 0.6) is 11.5 Å². The van der Waals surface area contributed by atoms with Gasteiger partial charge in [-0.2, -0.15) is 0 Å². The van der Waals surface area contributed by atoms with E-state index >= 15 is 0 Å². The topological polar surface area (TPSA) is 80.4 Å². The molecule has 2 aliphatic heterocycles. The molecule has 1 aromatic rings. The molecule has 0 saturated heterocycles. The van der Waals surface area contributed by atoms with Crippen LogP contribution in [0.15, 0.2) is 46.7 Å². The zero-order chi connectivity index (χ0) is 24.7. The molecule has 182 valence electrons. The van der Waals surface area contributed by atoms with Crippen molar-refractivity contribution in [1.29, 1.82) is 0 Å². The molecule has 6 nitrogen and oxygen atoms in total. The number of rotatable bonds is 13. The Morgan fingerprint density at radius 1 is 1.26 bits per heavy atom. The first kappa shape index (κ1) is 25.6. The fourth-order valence-electron chi connectivity index (χ4n) is 4.41. The van der Waals surface area contributed by atoms with E-state index in [1.807, 2.05) is 18.3 Å². The zero-order valence-electron chi connectivity index (χ0n) is 20.8. The fraction of sp³-hybridized carbons (Fsp3) is 0.464. The number of aromatic hydroxyl groups is 1. The molecule has 0 aromatic heterocycles. The van der Waals surface area contributed by atoms with Gasteiger partial charge in [0.05, 0.1) is 19.1 Å². The molecule has 0 fully saturated rings. The number of quaternary nitrogens is 1. The third kappa shape index (κ3) is 6.32. The Balaban J connectivity index is 1.83. The lowest BCUT2D eigenvalue weighted by Crippen LogP contribution is -3.04. The minimum Gasteiger partial charge on any atom is -0.500 e. The number of benzene rings is 1. The first-order valence-corrected chi connectivity index (χ1v) is 12.3. The van der Waals surface area contributed by atoms with Gasteiger partial charge in [0, 0.05) is 25.1 Å². The number of nitrogens with one attached hydrogen (secondary N) is 1. The second-order valence-corrected chi connectivity index (χ2v) is 9.46. The van der Waals surface area contributed by atoms with Crippen LogP contribution in [0.1, 0.15) is 71.3 Å². The number of carbonyl (C=O) groups is 2. The van der Waals surface area contributed by atoms with Crippen LogP contribution in [0.25, 0.3) is 6.08 Å². The number of fused-ring (bicyclic) bond motifs is 1. The number of allylic oxidation sites excluding steroid dienone is 3. The molecule has 3 rings (SSSR count). The maximum Gasteiger partial charge on any atom is 0.220 e. The van der Waals surface area contributed by atoms with Gasteiger partial charge in [0.15, 0.2) is 17.2 Å². The van der Waals surface area contributed by atoms with E-state index in [4.69, 9.17) is 4.74 Å². The highest BCUT2D eigenvalue weighted by atomic mass is 16.5. The molecule has 0 saturated carbocycles. The van der Waals surface area contributed by atoms with Gasteiger partial charge < -0.3 is 9.84 Å². The summed E-state index contributed by atoms with van der Waals surface area (Å²) in [5.74, 6) is 0.788. The van der Waals surface area contributed by atoms with E-state index in [-0.39, 0.29) is 23.7 Å². The predicted molar refractivity (Wildman–Crippen MR) is 136 cm³/mol. The maximum absolute atomic E-state index is 12.3. The van der Waals surface area contributed by atoms with Crippen molar-refractivity contribution in [3.63, 3.8) is 0 Å². The van der Waals surface area contributed by atoms with Crippen LogP contribution in [-0.2, 0) is 9.59 Å². The summed E-state index contributed by atoms with van der Waals surface area (Å²) in [7, 11) is 1.52. The SMILES string of the molecule is CCCCCC(=O)CC(=O)C=Cc1cc(OC)c(O)c([NH+]2CC3=NC=CC3=C2CCC(C)C)c1. The van der Waals surface area contributed by atoms with Gasteiger partial charge in [0.25, 0.3) is 0 Å². The Labute approximate surface area is 202 Å². The van der Waals surface area contributed by atoms with Gasteiger partial charge in [-0.1, -0.05) is 39.7 Å². The van der Waals surface area contributed by atoms with Crippen LogP contribution in [0.4, 0.5) is 5.69 Å². The highest BCUT2D eigenvalue weighted by molar-refractivity contribution is 6.07. The van der Waals surface area contributed by atoms with E-state index in [9.17, 15) is 14.7 Å². The number of hydrogen-bond donors (Lipinski definition) is 2. The van der Waals surface area contributed by atoms with Crippen LogP contribution < -0.4 is 9.64 Å². The molecule has 2 N–H and O–H groups in total. The third-order valence-corrected chi connectivity index (χ3v) is 6.32. The average molecular weight is 466 g/mol. The number of phenolic OH excluding ortho intramolecular Hbond substituents is 1. The summed E-state index contributed by atoms with van der Waals surface area (Å²) in [5, 5.41) is 11.0. The standard InChI is InChI=1S/C28H36N2O4/c1-5-6-7-8-21(31)17-22(32)11-10-20-15-26(28(33)27(16-20)34-4)30-18-24-23(13-14-29-24)25(30)12-9-19(2)3/h10-11,13-16,19,33H,5-9,12,17-18H2,1-4H3/p+1. The molecular formula is C28H37N2O4+. The molecule has 0 radical (unpaired) electrons. The number of hydrogen-bond acceptors (Lipinski definition) is 5. The minimum atomic E-state index is -0.211. The summed E-state index contributed by atoms with van der Waals surface area (Å²) in [4.78, 5) is 29.9. The second-order valence-electron chi connectivity index (χ2n) is 9.46. The number of unbranched alkanes of at least 4 members (excludes halogenated alkanes) is 2. The summed E-state index contributed by atoms with van der Waals surface area (Å²) in [6.07, 6.45) is 12.2. The number of aliphatic imine (C=N–C) groups is 1. The Bertz CT molecular complexity index is 1050. The molecule has 34 heavy (non-hydrogen) atoms. The number of Topliss-reactive ketones (excluding diaryl/α,β-unsaturated/α-hetero) is 1. The highest BCUT2D eigenvalue weighted by Crippen LogP contribution is 2.35. The third-order valence-electron chi connectivity index (χ3n) is 6.32. The molecule has 0 aliphatic carbocycles. The number of phenols is 1. The summed E-state index contributed by atoms with van der Waals surface area (Å²) in [6.45, 7) is 7.15. The van der Waals surface area contributed by atoms with E-state index in [0.717, 1.165) is 53.9 Å². The Morgan fingerprint density at radius 3 is 2.76 bits per heavy atom. The largest absolute Gasteiger partial charge is 0.500 e. The van der Waals surface area contributed by atoms with Crippen molar-refractivity contribution >= 4 is 29.0 Å². The van der Waals surface area contributed by atoms with Crippen molar-refractivity contribution in [3.8, 4) is 11.5 Å². The zero-order valence-corrected chi connectivity index (χ0v) is 20.8. The quantitative estimate of drug-likeness (QED) is 0.191.